The Kier molecular flexibility index (Phi) is 8.87. The van der Waals surface area contributed by atoms with E-state index < -0.39 is 6.10 Å². The molecule has 0 aliphatic heterocycles. The smallest absolute Gasteiger partial charge is 0.338 e. The Bertz CT molecular complexity index is 1120. The van der Waals surface area contributed by atoms with Gasteiger partial charge in [0.1, 0.15) is 18.5 Å². The standard InChI is InChI=1S/C31H40O5/c1-8-34-17-18-35-27-20-24(19-25-28(27)31(6,7)16-15-30(25,4)5)26(32)14-11-22-9-12-23(13-10-22)29(33)36-21(2)3/h9-10,12-13,19-21,26,32H,8,15-18H2,1-7H3. The van der Waals surface area contributed by atoms with Crippen molar-refractivity contribution in [1.82, 2.24) is 0 Å². The normalized spacial score (nSPS) is 16.5. The zero-order valence-corrected chi connectivity index (χ0v) is 22.7. The fourth-order valence-corrected chi connectivity index (χ4v) is 4.59. The van der Waals surface area contributed by atoms with Crippen LogP contribution in [0.1, 0.15) is 100 Å². The highest BCUT2D eigenvalue weighted by atomic mass is 16.5. The van der Waals surface area contributed by atoms with E-state index >= 15 is 0 Å². The lowest BCUT2D eigenvalue weighted by atomic mass is 9.62. The molecule has 3 rings (SSSR count). The van der Waals surface area contributed by atoms with E-state index in [-0.39, 0.29) is 22.9 Å². The van der Waals surface area contributed by atoms with Gasteiger partial charge in [0.05, 0.1) is 18.3 Å². The molecule has 1 aliphatic carbocycles. The van der Waals surface area contributed by atoms with Gasteiger partial charge in [0, 0.05) is 17.7 Å². The van der Waals surface area contributed by atoms with E-state index in [1.807, 2.05) is 26.8 Å². The van der Waals surface area contributed by atoms with Crippen molar-refractivity contribution in [3.8, 4) is 17.6 Å². The number of ether oxygens (including phenoxy) is 3. The number of fused-ring (bicyclic) bond motifs is 1. The van der Waals surface area contributed by atoms with Crippen LogP contribution >= 0.6 is 0 Å². The lowest BCUT2D eigenvalue weighted by Crippen LogP contribution is -2.34. The van der Waals surface area contributed by atoms with E-state index in [1.54, 1.807) is 24.3 Å². The molecule has 2 aromatic rings. The fraction of sp³-hybridized carbons (Fsp3) is 0.516. The summed E-state index contributed by atoms with van der Waals surface area (Å²) in [5.41, 5.74) is 4.26. The monoisotopic (exact) mass is 492 g/mol. The quantitative estimate of drug-likeness (QED) is 0.274. The zero-order chi connectivity index (χ0) is 26.5. The molecule has 0 aromatic heterocycles. The van der Waals surface area contributed by atoms with Gasteiger partial charge in [0.2, 0.25) is 0 Å². The predicted octanol–water partition coefficient (Wildman–Crippen LogP) is 6.10. The topological polar surface area (TPSA) is 65.0 Å². The average Bonchev–Trinajstić information content (AvgIpc) is 2.82. The molecule has 5 heteroatoms. The Labute approximate surface area is 216 Å². The third kappa shape index (κ3) is 6.69. The minimum absolute atomic E-state index is 0.0283. The van der Waals surface area contributed by atoms with Gasteiger partial charge in [-0.25, -0.2) is 4.79 Å². The molecule has 1 unspecified atom stereocenters. The van der Waals surface area contributed by atoms with Crippen LogP contribution in [0.25, 0.3) is 0 Å². The highest BCUT2D eigenvalue weighted by molar-refractivity contribution is 5.89. The summed E-state index contributed by atoms with van der Waals surface area (Å²) in [7, 11) is 0. The van der Waals surface area contributed by atoms with E-state index in [2.05, 4.69) is 45.6 Å². The largest absolute Gasteiger partial charge is 0.491 e. The number of carbonyl (C=O) groups excluding carboxylic acids is 1. The molecule has 0 amide bonds. The lowest BCUT2D eigenvalue weighted by molar-refractivity contribution is 0.0378. The SMILES string of the molecule is CCOCCOc1cc(C(O)C#Cc2ccc(C(=O)OC(C)C)cc2)cc2c1C(C)(C)CCC2(C)C. The van der Waals surface area contributed by atoms with Crippen molar-refractivity contribution >= 4 is 5.97 Å². The number of esters is 1. The van der Waals surface area contributed by atoms with Crippen LogP contribution < -0.4 is 4.74 Å². The Morgan fingerprint density at radius 1 is 1.03 bits per heavy atom. The number of benzene rings is 2. The van der Waals surface area contributed by atoms with Crippen LogP contribution in [-0.2, 0) is 20.3 Å². The molecular weight excluding hydrogens is 452 g/mol. The molecule has 0 radical (unpaired) electrons. The maximum Gasteiger partial charge on any atom is 0.338 e. The van der Waals surface area contributed by atoms with Crippen molar-refractivity contribution in [3.05, 3.63) is 64.2 Å². The molecular formula is C31H40O5. The first-order valence-electron chi connectivity index (χ1n) is 12.8. The molecule has 0 spiro atoms. The summed E-state index contributed by atoms with van der Waals surface area (Å²) < 4.78 is 16.9. The first-order valence-corrected chi connectivity index (χ1v) is 12.8. The number of carbonyl (C=O) groups is 1. The molecule has 36 heavy (non-hydrogen) atoms. The third-order valence-corrected chi connectivity index (χ3v) is 6.73. The van der Waals surface area contributed by atoms with Gasteiger partial charge in [0.15, 0.2) is 0 Å². The van der Waals surface area contributed by atoms with Crippen LogP contribution in [0.2, 0.25) is 0 Å². The number of aliphatic hydroxyl groups excluding tert-OH is 1. The zero-order valence-electron chi connectivity index (χ0n) is 22.7. The minimum atomic E-state index is -0.976. The maximum absolute atomic E-state index is 12.1. The third-order valence-electron chi connectivity index (χ3n) is 6.73. The number of hydrogen-bond donors (Lipinski definition) is 1. The second-order valence-electron chi connectivity index (χ2n) is 11.0. The fourth-order valence-electron chi connectivity index (χ4n) is 4.59. The van der Waals surface area contributed by atoms with Crippen molar-refractivity contribution in [2.75, 3.05) is 19.8 Å². The van der Waals surface area contributed by atoms with E-state index in [1.165, 1.54) is 11.1 Å². The molecule has 0 heterocycles. The van der Waals surface area contributed by atoms with Crippen LogP contribution in [0.3, 0.4) is 0 Å². The number of aliphatic hydroxyl groups is 1. The molecule has 5 nitrogen and oxygen atoms in total. The highest BCUT2D eigenvalue weighted by Gasteiger charge is 2.40. The molecule has 0 fully saturated rings. The van der Waals surface area contributed by atoms with Gasteiger partial charge >= 0.3 is 5.97 Å². The van der Waals surface area contributed by atoms with Crippen LogP contribution in [0.5, 0.6) is 5.75 Å². The van der Waals surface area contributed by atoms with Gasteiger partial charge in [-0.1, -0.05) is 45.6 Å². The highest BCUT2D eigenvalue weighted by Crippen LogP contribution is 2.50. The van der Waals surface area contributed by atoms with Gasteiger partial charge in [-0.2, -0.15) is 0 Å². The number of rotatable bonds is 8. The van der Waals surface area contributed by atoms with E-state index in [9.17, 15) is 9.90 Å². The van der Waals surface area contributed by atoms with E-state index in [4.69, 9.17) is 14.2 Å². The molecule has 194 valence electrons. The van der Waals surface area contributed by atoms with Crippen LogP contribution in [0.4, 0.5) is 0 Å². The van der Waals surface area contributed by atoms with E-state index in [0.29, 0.717) is 30.9 Å². The molecule has 1 aliphatic rings. The molecule has 2 aromatic carbocycles. The van der Waals surface area contributed by atoms with Gasteiger partial charge in [-0.05, 0) is 85.9 Å². The van der Waals surface area contributed by atoms with Crippen molar-refractivity contribution in [3.63, 3.8) is 0 Å². The second kappa shape index (κ2) is 11.5. The van der Waals surface area contributed by atoms with Crippen molar-refractivity contribution in [1.29, 1.82) is 0 Å². The first kappa shape index (κ1) is 27.8. The maximum atomic E-state index is 12.1. The molecule has 1 N–H and O–H groups in total. The Morgan fingerprint density at radius 2 is 1.69 bits per heavy atom. The van der Waals surface area contributed by atoms with Crippen LogP contribution in [0, 0.1) is 11.8 Å². The van der Waals surface area contributed by atoms with E-state index in [0.717, 1.165) is 24.2 Å². The lowest BCUT2D eigenvalue weighted by Gasteiger charge is -2.43. The van der Waals surface area contributed by atoms with Crippen molar-refractivity contribution in [2.24, 2.45) is 0 Å². The molecule has 0 saturated heterocycles. The predicted molar refractivity (Wildman–Crippen MR) is 143 cm³/mol. The average molecular weight is 493 g/mol. The Hall–Kier alpha value is -2.81. The van der Waals surface area contributed by atoms with Gasteiger partial charge in [0.25, 0.3) is 0 Å². The van der Waals surface area contributed by atoms with Crippen LogP contribution in [-0.4, -0.2) is 37.0 Å². The van der Waals surface area contributed by atoms with Crippen molar-refractivity contribution in [2.45, 2.75) is 84.3 Å². The summed E-state index contributed by atoms with van der Waals surface area (Å²) in [6.07, 6.45) is 0.975. The summed E-state index contributed by atoms with van der Waals surface area (Å²) in [6, 6.07) is 10.9. The first-order chi connectivity index (χ1) is 16.9. The molecule has 0 saturated carbocycles. The molecule has 0 bridgehead atoms. The second-order valence-corrected chi connectivity index (χ2v) is 11.0. The van der Waals surface area contributed by atoms with Crippen molar-refractivity contribution < 1.29 is 24.1 Å². The summed E-state index contributed by atoms with van der Waals surface area (Å²) in [4.78, 5) is 12.1. The summed E-state index contributed by atoms with van der Waals surface area (Å²) in [6.45, 7) is 16.2. The Balaban J connectivity index is 1.90. The van der Waals surface area contributed by atoms with Gasteiger partial charge < -0.3 is 19.3 Å². The van der Waals surface area contributed by atoms with Crippen LogP contribution in [0.15, 0.2) is 36.4 Å². The molecule has 1 atom stereocenters. The van der Waals surface area contributed by atoms with Gasteiger partial charge in [-0.15, -0.1) is 0 Å². The number of hydrogen-bond acceptors (Lipinski definition) is 5. The Morgan fingerprint density at radius 3 is 2.33 bits per heavy atom. The summed E-state index contributed by atoms with van der Waals surface area (Å²) in [5.74, 6) is 6.44. The summed E-state index contributed by atoms with van der Waals surface area (Å²) >= 11 is 0. The minimum Gasteiger partial charge on any atom is -0.491 e. The summed E-state index contributed by atoms with van der Waals surface area (Å²) in [5, 5.41) is 11.0. The van der Waals surface area contributed by atoms with Gasteiger partial charge in [-0.3, -0.25) is 0 Å².